The molecule has 0 radical (unpaired) electrons. The van der Waals surface area contributed by atoms with Gasteiger partial charge in [0.05, 0.1) is 0 Å². The summed E-state index contributed by atoms with van der Waals surface area (Å²) in [5, 5.41) is 11.8. The predicted molar refractivity (Wildman–Crippen MR) is 83.5 cm³/mol. The van der Waals surface area contributed by atoms with E-state index < -0.39 is 12.0 Å². The van der Waals surface area contributed by atoms with Crippen LogP contribution in [0.4, 0.5) is 4.79 Å². The number of hydrogen-bond acceptors (Lipinski definition) is 3. The molecule has 2 rings (SSSR count). The van der Waals surface area contributed by atoms with Gasteiger partial charge in [-0.3, -0.25) is 0 Å². The minimum atomic E-state index is -0.977. The molecule has 1 aromatic rings. The molecule has 1 aliphatic heterocycles. The van der Waals surface area contributed by atoms with Gasteiger partial charge in [0, 0.05) is 13.1 Å². The number of rotatable bonds is 5. The molecule has 1 heterocycles. The third kappa shape index (κ3) is 4.14. The fourth-order valence-electron chi connectivity index (χ4n) is 2.40. The fourth-order valence-corrected chi connectivity index (χ4v) is 2.87. The van der Waals surface area contributed by atoms with Crippen LogP contribution in [0.25, 0.3) is 0 Å². The zero-order valence-corrected chi connectivity index (χ0v) is 12.9. The number of aliphatic carboxylic acids is 1. The molecule has 0 bridgehead atoms. The van der Waals surface area contributed by atoms with Crippen LogP contribution in [0.15, 0.2) is 24.3 Å². The molecule has 1 aliphatic rings. The second kappa shape index (κ2) is 7.36. The van der Waals surface area contributed by atoms with Gasteiger partial charge in [-0.25, -0.2) is 9.59 Å². The Bertz CT molecular complexity index is 521. The lowest BCUT2D eigenvalue weighted by molar-refractivity contribution is -0.139. The van der Waals surface area contributed by atoms with E-state index in [0.717, 1.165) is 12.0 Å². The number of fused-ring (bicyclic) bond motifs is 1. The number of benzene rings is 1. The maximum Gasteiger partial charge on any atom is 0.326 e. The summed E-state index contributed by atoms with van der Waals surface area (Å²) in [6, 6.07) is 6.93. The first-order chi connectivity index (χ1) is 10.1. The lowest BCUT2D eigenvalue weighted by atomic mass is 10.0. The number of carboxylic acids is 1. The molecule has 2 N–H and O–H groups in total. The van der Waals surface area contributed by atoms with E-state index >= 15 is 0 Å². The van der Waals surface area contributed by atoms with E-state index in [4.69, 9.17) is 5.11 Å². The summed E-state index contributed by atoms with van der Waals surface area (Å²) < 4.78 is 0. The van der Waals surface area contributed by atoms with E-state index in [-0.39, 0.29) is 6.03 Å². The number of carbonyl (C=O) groups is 2. The second-order valence-corrected chi connectivity index (χ2v) is 6.05. The smallest absolute Gasteiger partial charge is 0.326 e. The molecular weight excluding hydrogens is 288 g/mol. The van der Waals surface area contributed by atoms with Crippen LogP contribution < -0.4 is 5.32 Å². The van der Waals surface area contributed by atoms with Gasteiger partial charge in [-0.15, -0.1) is 0 Å². The maximum atomic E-state index is 12.2. The minimum Gasteiger partial charge on any atom is -0.480 e. The van der Waals surface area contributed by atoms with Crippen LogP contribution in [0.1, 0.15) is 17.5 Å². The van der Waals surface area contributed by atoms with Crippen LogP contribution >= 0.6 is 11.8 Å². The minimum absolute atomic E-state index is 0.294. The van der Waals surface area contributed by atoms with Gasteiger partial charge in [0.2, 0.25) is 0 Å². The number of carboxylic acid groups (broad SMARTS) is 1. The van der Waals surface area contributed by atoms with Crippen LogP contribution in [0.5, 0.6) is 0 Å². The summed E-state index contributed by atoms with van der Waals surface area (Å²) in [6.45, 7) is 1.16. The molecule has 6 heteroatoms. The molecule has 5 nitrogen and oxygen atoms in total. The van der Waals surface area contributed by atoms with E-state index in [0.29, 0.717) is 25.3 Å². The fraction of sp³-hybridized carbons (Fsp3) is 0.467. The molecular formula is C15H20N2O3S. The zero-order valence-electron chi connectivity index (χ0n) is 12.0. The third-order valence-corrected chi connectivity index (χ3v) is 4.27. The highest BCUT2D eigenvalue weighted by Crippen LogP contribution is 2.18. The maximum absolute atomic E-state index is 12.2. The first-order valence-electron chi connectivity index (χ1n) is 6.95. The Kier molecular flexibility index (Phi) is 5.50. The van der Waals surface area contributed by atoms with E-state index in [1.165, 1.54) is 5.56 Å². The second-order valence-electron chi connectivity index (χ2n) is 5.06. The monoisotopic (exact) mass is 308 g/mol. The molecule has 0 saturated heterocycles. The standard InChI is InChI=1S/C15H20N2O3S/c1-21-9-7-13(14(18)19)16-15(20)17-8-6-11-4-2-3-5-12(11)10-17/h2-5,13H,6-10H2,1H3,(H,16,20)(H,18,19). The average Bonchev–Trinajstić information content (AvgIpc) is 2.50. The Morgan fingerprint density at radius 3 is 2.76 bits per heavy atom. The summed E-state index contributed by atoms with van der Waals surface area (Å²) in [5.41, 5.74) is 2.40. The largest absolute Gasteiger partial charge is 0.480 e. The van der Waals surface area contributed by atoms with Gasteiger partial charge >= 0.3 is 12.0 Å². The van der Waals surface area contributed by atoms with Crippen molar-refractivity contribution in [2.45, 2.75) is 25.4 Å². The van der Waals surface area contributed by atoms with Gasteiger partial charge < -0.3 is 15.3 Å². The molecule has 0 aromatic heterocycles. The predicted octanol–water partition coefficient (Wildman–Crippen LogP) is 1.96. The Hall–Kier alpha value is -1.69. The Labute approximate surface area is 128 Å². The molecule has 0 aliphatic carbocycles. The molecule has 1 aromatic carbocycles. The first kappa shape index (κ1) is 15.7. The number of urea groups is 1. The number of thioether (sulfide) groups is 1. The van der Waals surface area contributed by atoms with Crippen molar-refractivity contribution in [3.05, 3.63) is 35.4 Å². The van der Waals surface area contributed by atoms with Crippen molar-refractivity contribution in [1.82, 2.24) is 10.2 Å². The lowest BCUT2D eigenvalue weighted by Crippen LogP contribution is -2.49. The van der Waals surface area contributed by atoms with E-state index in [1.54, 1.807) is 16.7 Å². The van der Waals surface area contributed by atoms with Gasteiger partial charge in [-0.1, -0.05) is 24.3 Å². The number of nitrogens with zero attached hydrogens (tertiary/aromatic N) is 1. The highest BCUT2D eigenvalue weighted by Gasteiger charge is 2.25. The van der Waals surface area contributed by atoms with Crippen molar-refractivity contribution in [3.63, 3.8) is 0 Å². The molecule has 114 valence electrons. The van der Waals surface area contributed by atoms with Gasteiger partial charge in [0.1, 0.15) is 6.04 Å². The molecule has 0 saturated carbocycles. The SMILES string of the molecule is CSCCC(NC(=O)N1CCc2ccccc2C1)C(=O)O. The molecule has 1 atom stereocenters. The van der Waals surface area contributed by atoms with Crippen molar-refractivity contribution in [1.29, 1.82) is 0 Å². The topological polar surface area (TPSA) is 69.6 Å². The normalized spacial score (nSPS) is 15.2. The van der Waals surface area contributed by atoms with Crippen LogP contribution in [0, 0.1) is 0 Å². The Morgan fingerprint density at radius 2 is 2.10 bits per heavy atom. The van der Waals surface area contributed by atoms with Gasteiger partial charge in [0.25, 0.3) is 0 Å². The van der Waals surface area contributed by atoms with E-state index in [9.17, 15) is 9.59 Å². The Morgan fingerprint density at radius 1 is 1.38 bits per heavy atom. The highest BCUT2D eigenvalue weighted by molar-refractivity contribution is 7.98. The first-order valence-corrected chi connectivity index (χ1v) is 8.35. The van der Waals surface area contributed by atoms with Crippen molar-refractivity contribution >= 4 is 23.8 Å². The van der Waals surface area contributed by atoms with Gasteiger partial charge in [-0.05, 0) is 36.0 Å². The zero-order chi connectivity index (χ0) is 15.2. The van der Waals surface area contributed by atoms with Crippen molar-refractivity contribution in [2.75, 3.05) is 18.6 Å². The van der Waals surface area contributed by atoms with E-state index in [2.05, 4.69) is 11.4 Å². The number of nitrogens with one attached hydrogen (secondary N) is 1. The third-order valence-electron chi connectivity index (χ3n) is 3.62. The molecule has 0 spiro atoms. The van der Waals surface area contributed by atoms with Gasteiger partial charge in [0.15, 0.2) is 0 Å². The summed E-state index contributed by atoms with van der Waals surface area (Å²) in [6.07, 6.45) is 3.17. The van der Waals surface area contributed by atoms with Crippen LogP contribution in [-0.4, -0.2) is 46.6 Å². The number of carbonyl (C=O) groups excluding carboxylic acids is 1. The average molecular weight is 308 g/mol. The number of hydrogen-bond donors (Lipinski definition) is 2. The quantitative estimate of drug-likeness (QED) is 0.872. The van der Waals surface area contributed by atoms with Crippen molar-refractivity contribution < 1.29 is 14.7 Å². The molecule has 21 heavy (non-hydrogen) atoms. The van der Waals surface area contributed by atoms with Crippen LogP contribution in [0.3, 0.4) is 0 Å². The van der Waals surface area contributed by atoms with E-state index in [1.807, 2.05) is 24.5 Å². The van der Waals surface area contributed by atoms with Crippen LogP contribution in [-0.2, 0) is 17.8 Å². The summed E-state index contributed by atoms with van der Waals surface area (Å²) in [4.78, 5) is 25.1. The summed E-state index contributed by atoms with van der Waals surface area (Å²) in [5.74, 6) is -0.269. The highest BCUT2D eigenvalue weighted by atomic mass is 32.2. The lowest BCUT2D eigenvalue weighted by Gasteiger charge is -2.30. The molecule has 0 fully saturated rings. The summed E-state index contributed by atoms with van der Waals surface area (Å²) in [7, 11) is 0. The van der Waals surface area contributed by atoms with Gasteiger partial charge in [-0.2, -0.15) is 11.8 Å². The van der Waals surface area contributed by atoms with Crippen LogP contribution in [0.2, 0.25) is 0 Å². The summed E-state index contributed by atoms with van der Waals surface area (Å²) >= 11 is 1.57. The van der Waals surface area contributed by atoms with Crippen molar-refractivity contribution in [2.24, 2.45) is 0 Å². The number of amides is 2. The van der Waals surface area contributed by atoms with Crippen molar-refractivity contribution in [3.8, 4) is 0 Å². The molecule has 2 amide bonds. The molecule has 1 unspecified atom stereocenters. The Balaban J connectivity index is 1.96.